The number of halogens is 3. The first-order chi connectivity index (χ1) is 18.2. The molecule has 38 heavy (non-hydrogen) atoms. The van der Waals surface area contributed by atoms with Gasteiger partial charge in [0.05, 0.1) is 5.56 Å². The third kappa shape index (κ3) is 5.01. The summed E-state index contributed by atoms with van der Waals surface area (Å²) in [5.74, 6) is -3.32. The Hall–Kier alpha value is -3.75. The van der Waals surface area contributed by atoms with Gasteiger partial charge in [-0.1, -0.05) is 13.0 Å². The number of carbonyl (C=O) groups is 2. The van der Waals surface area contributed by atoms with Gasteiger partial charge in [0.1, 0.15) is 28.8 Å². The fourth-order valence-electron chi connectivity index (χ4n) is 5.63. The molecule has 0 bridgehead atoms. The van der Waals surface area contributed by atoms with E-state index in [1.807, 2.05) is 30.9 Å². The number of piperidine rings is 1. The van der Waals surface area contributed by atoms with Crippen LogP contribution in [0.5, 0.6) is 0 Å². The average molecular weight is 523 g/mol. The second-order valence-electron chi connectivity index (χ2n) is 10.3. The Balaban J connectivity index is 1.18. The van der Waals surface area contributed by atoms with Crippen LogP contribution in [0.15, 0.2) is 42.5 Å². The molecule has 3 aromatic rings. The van der Waals surface area contributed by atoms with Gasteiger partial charge in [0.2, 0.25) is 0 Å². The maximum atomic E-state index is 14.4. The van der Waals surface area contributed by atoms with Crippen molar-refractivity contribution in [2.45, 2.75) is 52.0 Å². The van der Waals surface area contributed by atoms with Crippen molar-refractivity contribution < 1.29 is 22.8 Å². The van der Waals surface area contributed by atoms with Crippen LogP contribution in [-0.4, -0.2) is 45.8 Å². The molecule has 1 N–H and O–H groups in total. The van der Waals surface area contributed by atoms with Crippen LogP contribution in [0.4, 0.5) is 13.2 Å². The van der Waals surface area contributed by atoms with Crippen LogP contribution in [0, 0.1) is 29.8 Å². The lowest BCUT2D eigenvalue weighted by atomic mass is 9.60. The number of benzene rings is 1. The van der Waals surface area contributed by atoms with E-state index in [-0.39, 0.29) is 23.1 Å². The van der Waals surface area contributed by atoms with Gasteiger partial charge in [-0.15, -0.1) is 0 Å². The van der Waals surface area contributed by atoms with Gasteiger partial charge in [0, 0.05) is 36.1 Å². The summed E-state index contributed by atoms with van der Waals surface area (Å²) < 4.78 is 42.7. The lowest BCUT2D eigenvalue weighted by molar-refractivity contribution is 0.00856. The molecule has 2 amide bonds. The van der Waals surface area contributed by atoms with E-state index < -0.39 is 34.6 Å². The molecule has 0 radical (unpaired) electrons. The van der Waals surface area contributed by atoms with Gasteiger partial charge in [-0.2, -0.15) is 0 Å². The molecule has 1 aliphatic carbocycles. The van der Waals surface area contributed by atoms with Gasteiger partial charge in [0.15, 0.2) is 0 Å². The summed E-state index contributed by atoms with van der Waals surface area (Å²) in [7, 11) is 0. The Morgan fingerprint density at radius 3 is 2.34 bits per heavy atom. The van der Waals surface area contributed by atoms with Crippen molar-refractivity contribution in [2.24, 2.45) is 5.41 Å². The maximum Gasteiger partial charge on any atom is 0.270 e. The molecule has 1 saturated heterocycles. The average Bonchev–Trinajstić information content (AvgIpc) is 2.88. The van der Waals surface area contributed by atoms with Crippen LogP contribution < -0.4 is 5.32 Å². The highest BCUT2D eigenvalue weighted by atomic mass is 19.1. The molecule has 0 atom stereocenters. The summed E-state index contributed by atoms with van der Waals surface area (Å²) >= 11 is 0. The summed E-state index contributed by atoms with van der Waals surface area (Å²) in [6, 6.07) is 9.01. The van der Waals surface area contributed by atoms with E-state index in [1.54, 1.807) is 0 Å². The van der Waals surface area contributed by atoms with Crippen molar-refractivity contribution in [1.29, 1.82) is 0 Å². The van der Waals surface area contributed by atoms with Gasteiger partial charge in [-0.25, -0.2) is 18.2 Å². The zero-order chi connectivity index (χ0) is 27.0. The minimum absolute atomic E-state index is 0.0219. The third-order valence-corrected chi connectivity index (χ3v) is 7.70. The number of aryl methyl sites for hydroxylation is 2. The molecule has 1 aromatic carbocycles. The number of amides is 2. The molecule has 9 heteroatoms. The van der Waals surface area contributed by atoms with Gasteiger partial charge in [-0.3, -0.25) is 14.6 Å². The molecule has 2 aliphatic rings. The van der Waals surface area contributed by atoms with Crippen molar-refractivity contribution in [2.75, 3.05) is 13.1 Å². The minimum atomic E-state index is -0.954. The Labute approximate surface area is 219 Å². The molecular formula is C29H29F3N4O2. The van der Waals surface area contributed by atoms with Crippen molar-refractivity contribution in [3.05, 3.63) is 82.6 Å². The standard InChI is InChI=1S/C29H29F3N4O2/c1-3-19-14-18(13-17(2)33-19)28(38)36-11-9-29(10-12-36)15-20(16-29)34-27(37)24-8-7-23(32)26(35-24)25-21(30)5-4-6-22(25)31/h4-8,13-14,20H,3,9-12,15-16H2,1-2H3,(H,34,37). The fourth-order valence-corrected chi connectivity index (χ4v) is 5.63. The van der Waals surface area contributed by atoms with Crippen molar-refractivity contribution >= 4 is 11.8 Å². The minimum Gasteiger partial charge on any atom is -0.348 e. The zero-order valence-corrected chi connectivity index (χ0v) is 21.4. The monoisotopic (exact) mass is 522 g/mol. The fraction of sp³-hybridized carbons (Fsp3) is 0.379. The largest absolute Gasteiger partial charge is 0.348 e. The normalized spacial score (nSPS) is 16.8. The van der Waals surface area contributed by atoms with Gasteiger partial charge in [-0.05, 0) is 80.8 Å². The first kappa shape index (κ1) is 25.9. The maximum absolute atomic E-state index is 14.4. The lowest BCUT2D eigenvalue weighted by Crippen LogP contribution is -2.55. The molecular weight excluding hydrogens is 493 g/mol. The number of likely N-dealkylation sites (tertiary alicyclic amines) is 1. The van der Waals surface area contributed by atoms with Gasteiger partial charge in [0.25, 0.3) is 11.8 Å². The van der Waals surface area contributed by atoms with Crippen molar-refractivity contribution in [3.8, 4) is 11.3 Å². The van der Waals surface area contributed by atoms with E-state index in [2.05, 4.69) is 15.3 Å². The van der Waals surface area contributed by atoms with E-state index >= 15 is 0 Å². The first-order valence-corrected chi connectivity index (χ1v) is 12.9. The Morgan fingerprint density at radius 2 is 1.68 bits per heavy atom. The second kappa shape index (κ2) is 10.2. The van der Waals surface area contributed by atoms with E-state index in [0.29, 0.717) is 18.7 Å². The summed E-state index contributed by atoms with van der Waals surface area (Å²) in [5, 5.41) is 2.91. The van der Waals surface area contributed by atoms with Crippen LogP contribution >= 0.6 is 0 Å². The lowest BCUT2D eigenvalue weighted by Gasteiger charge is -2.52. The first-order valence-electron chi connectivity index (χ1n) is 12.9. The van der Waals surface area contributed by atoms with Crippen LogP contribution in [0.25, 0.3) is 11.3 Å². The number of pyridine rings is 2. The smallest absolute Gasteiger partial charge is 0.270 e. The number of nitrogens with zero attached hydrogens (tertiary/aromatic N) is 3. The highest BCUT2D eigenvalue weighted by molar-refractivity contribution is 5.94. The molecule has 3 heterocycles. The molecule has 5 rings (SSSR count). The van der Waals surface area contributed by atoms with Gasteiger partial charge < -0.3 is 10.2 Å². The van der Waals surface area contributed by atoms with E-state index in [4.69, 9.17) is 0 Å². The van der Waals surface area contributed by atoms with E-state index in [9.17, 15) is 22.8 Å². The van der Waals surface area contributed by atoms with E-state index in [0.717, 1.165) is 61.7 Å². The van der Waals surface area contributed by atoms with E-state index in [1.165, 1.54) is 12.1 Å². The highest BCUT2D eigenvalue weighted by Gasteiger charge is 2.47. The zero-order valence-electron chi connectivity index (χ0n) is 21.4. The van der Waals surface area contributed by atoms with Crippen LogP contribution in [-0.2, 0) is 6.42 Å². The Morgan fingerprint density at radius 1 is 1.00 bits per heavy atom. The Bertz CT molecular complexity index is 1370. The number of rotatable bonds is 5. The van der Waals surface area contributed by atoms with Crippen molar-refractivity contribution in [3.63, 3.8) is 0 Å². The Kier molecular flexibility index (Phi) is 6.94. The number of nitrogens with one attached hydrogen (secondary N) is 1. The van der Waals surface area contributed by atoms with Gasteiger partial charge >= 0.3 is 0 Å². The van der Waals surface area contributed by atoms with Crippen molar-refractivity contribution in [1.82, 2.24) is 20.2 Å². The molecule has 2 aromatic heterocycles. The third-order valence-electron chi connectivity index (χ3n) is 7.70. The van der Waals surface area contributed by atoms with Crippen LogP contribution in [0.3, 0.4) is 0 Å². The summed E-state index contributed by atoms with van der Waals surface area (Å²) in [6.45, 7) is 5.21. The summed E-state index contributed by atoms with van der Waals surface area (Å²) in [4.78, 5) is 36.2. The number of hydrogen-bond donors (Lipinski definition) is 1. The summed E-state index contributed by atoms with van der Waals surface area (Å²) in [6.07, 6.45) is 4.01. The topological polar surface area (TPSA) is 75.2 Å². The van der Waals surface area contributed by atoms with Crippen LogP contribution in [0.1, 0.15) is 64.8 Å². The molecule has 198 valence electrons. The summed E-state index contributed by atoms with van der Waals surface area (Å²) in [5.41, 5.74) is 1.23. The molecule has 1 saturated carbocycles. The second-order valence-corrected chi connectivity index (χ2v) is 10.3. The number of carbonyl (C=O) groups excluding carboxylic acids is 2. The number of aromatic nitrogens is 2. The molecule has 6 nitrogen and oxygen atoms in total. The predicted octanol–water partition coefficient (Wildman–Crippen LogP) is 5.25. The molecule has 1 aliphatic heterocycles. The quantitative estimate of drug-likeness (QED) is 0.497. The highest BCUT2D eigenvalue weighted by Crippen LogP contribution is 2.49. The number of hydrogen-bond acceptors (Lipinski definition) is 4. The molecule has 2 fully saturated rings. The van der Waals surface area contributed by atoms with Crippen LogP contribution in [0.2, 0.25) is 0 Å². The SMILES string of the molecule is CCc1cc(C(=O)N2CCC3(CC2)CC(NC(=O)c2ccc(F)c(-c4c(F)cccc4F)n2)C3)cc(C)n1. The molecule has 1 spiro atoms. The molecule has 0 unspecified atom stereocenters. The predicted molar refractivity (Wildman–Crippen MR) is 136 cm³/mol.